The molecule has 1 rings (SSSR count). The highest BCUT2D eigenvalue weighted by Gasteiger charge is 2.12. The molecule has 0 unspecified atom stereocenters. The van der Waals surface area contributed by atoms with E-state index in [9.17, 15) is 4.79 Å². The first-order valence-corrected chi connectivity index (χ1v) is 6.26. The summed E-state index contributed by atoms with van der Waals surface area (Å²) in [5.41, 5.74) is 0. The van der Waals surface area contributed by atoms with Gasteiger partial charge in [0, 0.05) is 19.1 Å². The Hall–Kier alpha value is -0.610. The second-order valence-corrected chi connectivity index (χ2v) is 4.74. The molecule has 1 heterocycles. The number of carbonyl (C=O) groups excluding carboxylic acids is 1. The number of hydrogen-bond acceptors (Lipinski definition) is 3. The van der Waals surface area contributed by atoms with Gasteiger partial charge in [-0.25, -0.2) is 0 Å². The van der Waals surface area contributed by atoms with E-state index in [1.807, 2.05) is 13.8 Å². The Balaban J connectivity index is 1.96. The number of piperidine rings is 1. The van der Waals surface area contributed by atoms with Crippen LogP contribution in [0, 0.1) is 5.92 Å². The molecule has 4 nitrogen and oxygen atoms in total. The van der Waals surface area contributed by atoms with Gasteiger partial charge in [0.2, 0.25) is 5.91 Å². The molecule has 1 aliphatic rings. The van der Waals surface area contributed by atoms with E-state index in [-0.39, 0.29) is 11.9 Å². The molecule has 1 aliphatic heterocycles. The average molecular weight is 228 g/mol. The van der Waals surface area contributed by atoms with Gasteiger partial charge in [-0.15, -0.1) is 0 Å². The zero-order valence-corrected chi connectivity index (χ0v) is 10.4. The van der Waals surface area contributed by atoms with Gasteiger partial charge in [-0.1, -0.05) is 0 Å². The molecular formula is C12H24N2O2. The molecule has 4 heteroatoms. The summed E-state index contributed by atoms with van der Waals surface area (Å²) in [4.78, 5) is 11.3. The van der Waals surface area contributed by atoms with Crippen molar-refractivity contribution in [3.05, 3.63) is 0 Å². The van der Waals surface area contributed by atoms with Crippen LogP contribution in [0.15, 0.2) is 0 Å². The molecule has 0 aromatic heterocycles. The van der Waals surface area contributed by atoms with Crippen molar-refractivity contribution in [2.45, 2.75) is 39.2 Å². The minimum Gasteiger partial charge on any atom is -0.381 e. The molecule has 0 aliphatic carbocycles. The molecule has 0 atom stereocenters. The lowest BCUT2D eigenvalue weighted by Crippen LogP contribution is -2.32. The molecular weight excluding hydrogens is 204 g/mol. The number of nitrogens with one attached hydrogen (secondary N) is 2. The summed E-state index contributed by atoms with van der Waals surface area (Å²) < 4.78 is 5.54. The van der Waals surface area contributed by atoms with Crippen LogP contribution < -0.4 is 10.6 Å². The molecule has 2 N–H and O–H groups in total. The van der Waals surface area contributed by atoms with Gasteiger partial charge in [-0.05, 0) is 45.7 Å². The van der Waals surface area contributed by atoms with E-state index >= 15 is 0 Å². The van der Waals surface area contributed by atoms with E-state index in [0.29, 0.717) is 18.9 Å². The summed E-state index contributed by atoms with van der Waals surface area (Å²) in [6.45, 7) is 7.48. The van der Waals surface area contributed by atoms with Crippen molar-refractivity contribution >= 4 is 5.91 Å². The summed E-state index contributed by atoms with van der Waals surface area (Å²) in [7, 11) is 0. The smallest absolute Gasteiger partial charge is 0.222 e. The predicted octanol–water partition coefficient (Wildman–Crippen LogP) is 0.917. The molecule has 0 aromatic rings. The topological polar surface area (TPSA) is 50.4 Å². The third-order valence-electron chi connectivity index (χ3n) is 2.74. The van der Waals surface area contributed by atoms with Crippen molar-refractivity contribution in [1.29, 1.82) is 0 Å². The van der Waals surface area contributed by atoms with Crippen molar-refractivity contribution in [3.63, 3.8) is 0 Å². The van der Waals surface area contributed by atoms with Crippen molar-refractivity contribution in [1.82, 2.24) is 10.6 Å². The monoisotopic (exact) mass is 228 g/mol. The van der Waals surface area contributed by atoms with E-state index in [1.165, 1.54) is 12.8 Å². The first-order chi connectivity index (χ1) is 7.68. The fourth-order valence-corrected chi connectivity index (χ4v) is 1.86. The van der Waals surface area contributed by atoms with Gasteiger partial charge < -0.3 is 15.4 Å². The highest BCUT2D eigenvalue weighted by atomic mass is 16.5. The normalized spacial score (nSPS) is 17.7. The minimum atomic E-state index is 0.0836. The fourth-order valence-electron chi connectivity index (χ4n) is 1.86. The Kier molecular flexibility index (Phi) is 6.42. The zero-order valence-electron chi connectivity index (χ0n) is 10.4. The lowest BCUT2D eigenvalue weighted by atomic mass is 9.99. The Morgan fingerprint density at radius 3 is 2.75 bits per heavy atom. The number of amides is 1. The molecule has 0 saturated carbocycles. The molecule has 0 aromatic carbocycles. The highest BCUT2D eigenvalue weighted by molar-refractivity contribution is 5.76. The summed E-state index contributed by atoms with van der Waals surface area (Å²) in [6, 6.07) is 0.219. The summed E-state index contributed by atoms with van der Waals surface area (Å²) in [5, 5.41) is 6.18. The first kappa shape index (κ1) is 13.5. The molecule has 0 bridgehead atoms. The van der Waals surface area contributed by atoms with Crippen LogP contribution in [0.3, 0.4) is 0 Å². The predicted molar refractivity (Wildman–Crippen MR) is 64.3 cm³/mol. The van der Waals surface area contributed by atoms with Gasteiger partial charge in [0.1, 0.15) is 0 Å². The van der Waals surface area contributed by atoms with Crippen molar-refractivity contribution in [3.8, 4) is 0 Å². The molecule has 1 amide bonds. The van der Waals surface area contributed by atoms with Crippen LogP contribution in [0.4, 0.5) is 0 Å². The quantitative estimate of drug-likeness (QED) is 0.665. The highest BCUT2D eigenvalue weighted by Crippen LogP contribution is 2.11. The maximum atomic E-state index is 11.3. The van der Waals surface area contributed by atoms with Crippen LogP contribution in [-0.4, -0.2) is 38.3 Å². The second-order valence-electron chi connectivity index (χ2n) is 4.74. The summed E-state index contributed by atoms with van der Waals surface area (Å²) in [5.74, 6) is 0.759. The SMILES string of the molecule is CC(C)NC(=O)CCOCC1CCNCC1. The van der Waals surface area contributed by atoms with Gasteiger partial charge in [0.25, 0.3) is 0 Å². The van der Waals surface area contributed by atoms with E-state index < -0.39 is 0 Å². The van der Waals surface area contributed by atoms with Crippen LogP contribution in [0.2, 0.25) is 0 Å². The molecule has 0 spiro atoms. The fraction of sp³-hybridized carbons (Fsp3) is 0.917. The summed E-state index contributed by atoms with van der Waals surface area (Å²) in [6.07, 6.45) is 2.86. The van der Waals surface area contributed by atoms with E-state index in [2.05, 4.69) is 10.6 Å². The van der Waals surface area contributed by atoms with Crippen LogP contribution in [0.1, 0.15) is 33.1 Å². The maximum absolute atomic E-state index is 11.3. The van der Waals surface area contributed by atoms with Gasteiger partial charge in [0.15, 0.2) is 0 Å². The number of hydrogen-bond donors (Lipinski definition) is 2. The van der Waals surface area contributed by atoms with Crippen LogP contribution in [0.5, 0.6) is 0 Å². The average Bonchev–Trinajstić information content (AvgIpc) is 2.25. The van der Waals surface area contributed by atoms with Crippen molar-refractivity contribution in [2.75, 3.05) is 26.3 Å². The lowest BCUT2D eigenvalue weighted by molar-refractivity contribution is -0.122. The van der Waals surface area contributed by atoms with Crippen LogP contribution in [0.25, 0.3) is 0 Å². The first-order valence-electron chi connectivity index (χ1n) is 6.26. The number of ether oxygens (including phenoxy) is 1. The van der Waals surface area contributed by atoms with Gasteiger partial charge in [0.05, 0.1) is 6.61 Å². The van der Waals surface area contributed by atoms with E-state index in [0.717, 1.165) is 19.7 Å². The Morgan fingerprint density at radius 1 is 1.44 bits per heavy atom. The third-order valence-corrected chi connectivity index (χ3v) is 2.74. The molecule has 16 heavy (non-hydrogen) atoms. The number of rotatable bonds is 6. The molecule has 1 fully saturated rings. The van der Waals surface area contributed by atoms with E-state index in [1.54, 1.807) is 0 Å². The van der Waals surface area contributed by atoms with Crippen LogP contribution >= 0.6 is 0 Å². The van der Waals surface area contributed by atoms with Gasteiger partial charge in [-0.3, -0.25) is 4.79 Å². The molecule has 1 saturated heterocycles. The van der Waals surface area contributed by atoms with Crippen molar-refractivity contribution in [2.24, 2.45) is 5.92 Å². The largest absolute Gasteiger partial charge is 0.381 e. The minimum absolute atomic E-state index is 0.0836. The van der Waals surface area contributed by atoms with Gasteiger partial charge in [-0.2, -0.15) is 0 Å². The third kappa shape index (κ3) is 6.08. The zero-order chi connectivity index (χ0) is 11.8. The van der Waals surface area contributed by atoms with Crippen LogP contribution in [-0.2, 0) is 9.53 Å². The molecule has 0 radical (unpaired) electrons. The lowest BCUT2D eigenvalue weighted by Gasteiger charge is -2.22. The van der Waals surface area contributed by atoms with E-state index in [4.69, 9.17) is 4.74 Å². The Morgan fingerprint density at radius 2 is 2.12 bits per heavy atom. The Bertz CT molecular complexity index is 201. The van der Waals surface area contributed by atoms with Gasteiger partial charge >= 0.3 is 0 Å². The number of carbonyl (C=O) groups is 1. The second kappa shape index (κ2) is 7.63. The Labute approximate surface area is 98.1 Å². The maximum Gasteiger partial charge on any atom is 0.222 e. The summed E-state index contributed by atoms with van der Waals surface area (Å²) >= 11 is 0. The van der Waals surface area contributed by atoms with Crippen molar-refractivity contribution < 1.29 is 9.53 Å². The molecule has 94 valence electrons. The standard InChI is InChI=1S/C12H24N2O2/c1-10(2)14-12(15)5-8-16-9-11-3-6-13-7-4-11/h10-11,13H,3-9H2,1-2H3,(H,14,15).